The van der Waals surface area contributed by atoms with Crippen molar-refractivity contribution in [1.82, 2.24) is 39.1 Å². The average molecular weight is 1180 g/mol. The predicted molar refractivity (Wildman–Crippen MR) is 222 cm³/mol. The van der Waals surface area contributed by atoms with Gasteiger partial charge in [0.05, 0.1) is 0 Å². The van der Waals surface area contributed by atoms with Crippen molar-refractivity contribution < 1.29 is 42.1 Å². The molecule has 8 heterocycles. The summed E-state index contributed by atoms with van der Waals surface area (Å²) in [5.41, 5.74) is 10.9. The second-order valence-electron chi connectivity index (χ2n) is 13.7. The van der Waals surface area contributed by atoms with Gasteiger partial charge in [-0.2, -0.15) is 138 Å². The van der Waals surface area contributed by atoms with E-state index in [2.05, 4.69) is 93.2 Å². The molecule has 8 nitrogen and oxygen atoms in total. The Balaban J connectivity index is 0.00000193. The summed E-state index contributed by atoms with van der Waals surface area (Å²) in [6, 6.07) is 40.8. The van der Waals surface area contributed by atoms with Crippen LogP contribution >= 0.6 is 47.0 Å². The van der Waals surface area contributed by atoms with E-state index in [0.29, 0.717) is 0 Å². The maximum atomic E-state index is 4.57. The third-order valence-corrected chi connectivity index (χ3v) is 15.7. The molecule has 16 heteroatoms. The van der Waals surface area contributed by atoms with Crippen LogP contribution in [0.4, 0.5) is 0 Å². The Hall–Kier alpha value is -4.15. The molecule has 0 fully saturated rings. The van der Waals surface area contributed by atoms with Crippen LogP contribution in [-0.4, -0.2) is 52.5 Å². The molecule has 0 amide bonds. The van der Waals surface area contributed by atoms with Crippen molar-refractivity contribution in [2.75, 3.05) is 0 Å². The van der Waals surface area contributed by atoms with Gasteiger partial charge in [-0.15, -0.1) is 43.8 Å². The van der Waals surface area contributed by atoms with Crippen molar-refractivity contribution >= 4 is 93.2 Å². The number of fused-ring (bicyclic) bond motifs is 10. The molecule has 0 unspecified atom stereocenters. The van der Waals surface area contributed by atoms with Gasteiger partial charge < -0.3 is 0 Å². The molecule has 0 spiro atoms. The second-order valence-corrected chi connectivity index (χ2v) is 17.9. The van der Waals surface area contributed by atoms with Crippen LogP contribution in [-0.2, 0) is 42.1 Å². The number of aromatic nitrogens is 8. The topological polar surface area (TPSA) is 71.3 Å². The number of hydrogen-bond donors (Lipinski definition) is 0. The molecule has 4 aliphatic rings. The van der Waals surface area contributed by atoms with Crippen molar-refractivity contribution in [2.45, 2.75) is 39.2 Å². The first-order valence-corrected chi connectivity index (χ1v) is 21.2. The molecule has 0 N–H and O–H groups in total. The largest absolute Gasteiger partial charge is 2.00 e. The molecule has 0 bridgehead atoms. The fraction of sp³-hybridized carbons (Fsp3) is 0. The van der Waals surface area contributed by atoms with Gasteiger partial charge in [0.1, 0.15) is 0 Å². The molecule has 4 aliphatic heterocycles. The van der Waals surface area contributed by atoms with Gasteiger partial charge in [-0.25, -0.2) is 0 Å². The first-order chi connectivity index (χ1) is 27.7. The number of rotatable bonds is 4. The van der Waals surface area contributed by atoms with Crippen molar-refractivity contribution in [1.29, 1.82) is 0 Å². The molecule has 9 aromatic rings. The minimum absolute atomic E-state index is 0. The summed E-state index contributed by atoms with van der Waals surface area (Å²) in [7, 11) is 0. The molecule has 13 rings (SSSR count). The van der Waals surface area contributed by atoms with Crippen molar-refractivity contribution in [2.24, 2.45) is 0 Å². The van der Waals surface area contributed by atoms with Crippen LogP contribution in [0.3, 0.4) is 0 Å². The van der Waals surface area contributed by atoms with Crippen LogP contribution < -0.4 is 32.8 Å². The summed E-state index contributed by atoms with van der Waals surface area (Å²) in [5, 5.41) is 18.3. The molecule has 0 saturated carbocycles. The Morgan fingerprint density at radius 2 is 0.638 bits per heavy atom. The third kappa shape index (κ3) is 5.52. The standard InChI is InChI=1S/C42H20B2N8S4.2Pt/c1-13-45-49(17-1)25-5-9-33-29(21-25)43-30-22-26(50-18-2-14-46-50)6-10-34(30)54-40-37(43)39(53-33)41-38-42(40)56-36-12-8-28(52-20-4-16-48-52)24-32(36)44(38)31-23-27(7-11-35(31)55-41)51-19-3-15-47-51;;/h1-20H;;/q-4;2*+2. The molecule has 0 atom stereocenters. The first kappa shape index (κ1) is 36.9. The predicted octanol–water partition coefficient (Wildman–Crippen LogP) is 4.52. The number of benzene rings is 5. The summed E-state index contributed by atoms with van der Waals surface area (Å²) in [4.78, 5) is 9.97. The van der Waals surface area contributed by atoms with Gasteiger partial charge in [-0.05, 0) is 57.9 Å². The van der Waals surface area contributed by atoms with Gasteiger partial charge in [0.25, 0.3) is 0 Å². The first-order valence-electron chi connectivity index (χ1n) is 17.9. The van der Waals surface area contributed by atoms with E-state index in [1.165, 1.54) is 50.1 Å². The smallest absolute Gasteiger partial charge is 0.266 e. The van der Waals surface area contributed by atoms with Gasteiger partial charge >= 0.3 is 42.1 Å². The van der Waals surface area contributed by atoms with Gasteiger partial charge in [0.2, 0.25) is 0 Å². The Morgan fingerprint density at radius 3 is 0.862 bits per heavy atom. The van der Waals surface area contributed by atoms with E-state index in [1.807, 2.05) is 140 Å². The molecule has 278 valence electrons. The fourth-order valence-electron chi connectivity index (χ4n) is 8.27. The Kier molecular flexibility index (Phi) is 9.06. The average Bonchev–Trinajstić information content (AvgIpc) is 4.10. The monoisotopic (exact) mass is 1180 g/mol. The van der Waals surface area contributed by atoms with Crippen LogP contribution in [0.1, 0.15) is 0 Å². The van der Waals surface area contributed by atoms with Crippen LogP contribution in [0, 0.1) is 24.3 Å². The maximum Gasteiger partial charge on any atom is 2.00 e. The van der Waals surface area contributed by atoms with Crippen LogP contribution in [0.15, 0.2) is 162 Å². The maximum absolute atomic E-state index is 4.57. The molecular weight excluding hydrogens is 1160 g/mol. The van der Waals surface area contributed by atoms with E-state index in [9.17, 15) is 0 Å². The van der Waals surface area contributed by atoms with Crippen molar-refractivity contribution in [3.05, 3.63) is 147 Å². The van der Waals surface area contributed by atoms with Crippen molar-refractivity contribution in [3.63, 3.8) is 0 Å². The van der Waals surface area contributed by atoms with Gasteiger partial charge in [0, 0.05) is 69.2 Å². The molecule has 58 heavy (non-hydrogen) atoms. The normalized spacial score (nSPS) is 13.6. The van der Waals surface area contributed by atoms with Crippen molar-refractivity contribution in [3.8, 4) is 22.7 Å². The summed E-state index contributed by atoms with van der Waals surface area (Å²) in [5.74, 6) is 0. The summed E-state index contributed by atoms with van der Waals surface area (Å²) in [6.45, 7) is -0.185. The van der Waals surface area contributed by atoms with Crippen LogP contribution in [0.5, 0.6) is 0 Å². The fourth-order valence-corrected chi connectivity index (χ4v) is 13.6. The van der Waals surface area contributed by atoms with Crippen LogP contribution in [0.25, 0.3) is 22.7 Å². The summed E-state index contributed by atoms with van der Waals surface area (Å²) >= 11 is 7.46. The van der Waals surface area contributed by atoms with E-state index < -0.39 is 0 Å². The SMILES string of the molecule is [Pt+2].[Pt+2].[c-]1c(-n2cccn2)ccc2c1B1c3[c-]c(-n4cccn4)ccc3Sc3c4c5c(c(c31)S2)Sc1ccc(-n2cccn2)[c-]c1B5c1[c-]c(-n2cccn2)ccc1S4. The number of nitrogens with zero attached hydrogens (tertiary/aromatic N) is 8. The zero-order chi connectivity index (χ0) is 36.5. The molecule has 4 aromatic heterocycles. The van der Waals surface area contributed by atoms with Gasteiger partial charge in [0.15, 0.2) is 13.4 Å². The Bertz CT molecular complexity index is 2660. The second kappa shape index (κ2) is 14.2. The van der Waals surface area contributed by atoms with Gasteiger partial charge in [-0.1, -0.05) is 0 Å². The quantitative estimate of drug-likeness (QED) is 0.189. The molecule has 0 radical (unpaired) electrons. The minimum atomic E-state index is -0.0926. The van der Waals surface area contributed by atoms with E-state index in [-0.39, 0.29) is 55.6 Å². The van der Waals surface area contributed by atoms with E-state index in [1.54, 1.807) is 0 Å². The molecule has 0 aliphatic carbocycles. The molecular formula is C42H20B2N8Pt2S4. The van der Waals surface area contributed by atoms with E-state index in [0.717, 1.165) is 44.6 Å². The molecule has 5 aromatic carbocycles. The third-order valence-electron chi connectivity index (χ3n) is 10.7. The summed E-state index contributed by atoms with van der Waals surface area (Å²) < 4.78 is 7.58. The van der Waals surface area contributed by atoms with Gasteiger partial charge in [-0.3, -0.25) is 18.7 Å². The zero-order valence-electron chi connectivity index (χ0n) is 29.5. The van der Waals surface area contributed by atoms with E-state index >= 15 is 0 Å². The number of hydrogen-bond acceptors (Lipinski definition) is 8. The summed E-state index contributed by atoms with van der Waals surface area (Å²) in [6.07, 6.45) is 15.2. The Labute approximate surface area is 379 Å². The minimum Gasteiger partial charge on any atom is -0.266 e. The van der Waals surface area contributed by atoms with Crippen LogP contribution in [0.2, 0.25) is 0 Å². The molecule has 0 saturated heterocycles. The zero-order valence-corrected chi connectivity index (χ0v) is 37.4. The van der Waals surface area contributed by atoms with E-state index in [4.69, 9.17) is 0 Å². The Morgan fingerprint density at radius 1 is 0.379 bits per heavy atom.